The molecule has 0 atom stereocenters. The highest BCUT2D eigenvalue weighted by molar-refractivity contribution is 5.10. The van der Waals surface area contributed by atoms with Gasteiger partial charge in [-0.2, -0.15) is 0 Å². The summed E-state index contributed by atoms with van der Waals surface area (Å²) in [6.07, 6.45) is 22.9. The van der Waals surface area contributed by atoms with Gasteiger partial charge in [0.1, 0.15) is 0 Å². The summed E-state index contributed by atoms with van der Waals surface area (Å²) in [5.74, 6) is 0. The first-order chi connectivity index (χ1) is 6.95. The molecule has 0 aliphatic carbocycles. The fraction of sp³-hybridized carbons (Fsp3) is 0.167. The number of hydrogen-bond acceptors (Lipinski definition) is 2. The van der Waals surface area contributed by atoms with E-state index in [0.29, 0.717) is 0 Å². The first-order valence-electron chi connectivity index (χ1n) is 4.85. The van der Waals surface area contributed by atoms with Crippen molar-refractivity contribution in [1.82, 2.24) is 9.80 Å². The Morgan fingerprint density at radius 1 is 0.643 bits per heavy atom. The molecule has 2 rings (SSSR count). The Bertz CT molecular complexity index is 265. The number of rotatable bonds is 2. The van der Waals surface area contributed by atoms with Crippen LogP contribution in [0.3, 0.4) is 0 Å². The largest absolute Gasteiger partial charge is 0.330 e. The number of allylic oxidation sites excluding steroid dienone is 4. The van der Waals surface area contributed by atoms with E-state index in [1.54, 1.807) is 0 Å². The van der Waals surface area contributed by atoms with Crippen LogP contribution in [0.4, 0.5) is 0 Å². The summed E-state index contributed by atoms with van der Waals surface area (Å²) in [4.78, 5) is 4.08. The van der Waals surface area contributed by atoms with Gasteiger partial charge in [0.25, 0.3) is 0 Å². The monoisotopic (exact) mass is 186 g/mol. The van der Waals surface area contributed by atoms with Crippen molar-refractivity contribution in [3.05, 3.63) is 61.5 Å². The highest BCUT2D eigenvalue weighted by Gasteiger charge is 1.94. The van der Waals surface area contributed by atoms with E-state index in [-0.39, 0.29) is 0 Å². The summed E-state index contributed by atoms with van der Waals surface area (Å²) >= 11 is 0. The summed E-state index contributed by atoms with van der Waals surface area (Å²) < 4.78 is 0. The summed E-state index contributed by atoms with van der Waals surface area (Å²) in [6.45, 7) is 0. The van der Waals surface area contributed by atoms with Crippen molar-refractivity contribution in [2.75, 3.05) is 0 Å². The maximum atomic E-state index is 2.13. The Hall–Kier alpha value is -1.70. The van der Waals surface area contributed by atoms with Gasteiger partial charge in [-0.15, -0.1) is 0 Å². The summed E-state index contributed by atoms with van der Waals surface area (Å²) in [5.41, 5.74) is 0. The van der Waals surface area contributed by atoms with Gasteiger partial charge in [0.05, 0.1) is 0 Å². The predicted octanol–water partition coefficient (Wildman–Crippen LogP) is 2.92. The molecule has 0 unspecified atom stereocenters. The molecule has 2 aliphatic rings. The molecule has 0 amide bonds. The Kier molecular flexibility index (Phi) is 2.86. The zero-order valence-corrected chi connectivity index (χ0v) is 8.08. The molecule has 0 aromatic heterocycles. The van der Waals surface area contributed by atoms with E-state index in [1.165, 1.54) is 0 Å². The summed E-state index contributed by atoms with van der Waals surface area (Å²) in [6, 6.07) is 0. The molecule has 14 heavy (non-hydrogen) atoms. The van der Waals surface area contributed by atoms with Crippen LogP contribution < -0.4 is 0 Å². The second-order valence-electron chi connectivity index (χ2n) is 3.20. The molecule has 72 valence electrons. The van der Waals surface area contributed by atoms with Crippen LogP contribution in [-0.2, 0) is 0 Å². The molecule has 2 nitrogen and oxygen atoms in total. The summed E-state index contributed by atoms with van der Waals surface area (Å²) in [7, 11) is 0. The van der Waals surface area contributed by atoms with Crippen LogP contribution >= 0.6 is 0 Å². The second-order valence-corrected chi connectivity index (χ2v) is 3.20. The molecule has 0 saturated heterocycles. The molecule has 2 heteroatoms. The van der Waals surface area contributed by atoms with Gasteiger partial charge in [0.2, 0.25) is 0 Å². The van der Waals surface area contributed by atoms with Crippen molar-refractivity contribution in [3.8, 4) is 0 Å². The van der Waals surface area contributed by atoms with E-state index in [4.69, 9.17) is 0 Å². The normalized spacial score (nSPS) is 20.0. The quantitative estimate of drug-likeness (QED) is 0.654. The Morgan fingerprint density at radius 2 is 1.00 bits per heavy atom. The average Bonchev–Trinajstić information content (AvgIpc) is 2.29. The van der Waals surface area contributed by atoms with Gasteiger partial charge >= 0.3 is 0 Å². The van der Waals surface area contributed by atoms with Gasteiger partial charge in [-0.1, -0.05) is 24.3 Å². The smallest absolute Gasteiger partial charge is 0.0248 e. The van der Waals surface area contributed by atoms with Crippen LogP contribution in [0.25, 0.3) is 0 Å². The third-order valence-corrected chi connectivity index (χ3v) is 2.07. The molecular formula is C12H14N2. The van der Waals surface area contributed by atoms with E-state index in [0.717, 1.165) is 12.8 Å². The van der Waals surface area contributed by atoms with Gasteiger partial charge in [-0.05, 0) is 12.8 Å². The van der Waals surface area contributed by atoms with Crippen LogP contribution in [0.15, 0.2) is 61.5 Å². The first kappa shape index (κ1) is 8.88. The first-order valence-corrected chi connectivity index (χ1v) is 4.85. The van der Waals surface area contributed by atoms with E-state index in [9.17, 15) is 0 Å². The number of hydrogen-bond donors (Lipinski definition) is 0. The zero-order valence-electron chi connectivity index (χ0n) is 8.08. The maximum Gasteiger partial charge on any atom is 0.0248 e. The minimum atomic E-state index is 1.04. The molecule has 2 aliphatic heterocycles. The molecule has 0 spiro atoms. The van der Waals surface area contributed by atoms with Crippen molar-refractivity contribution < 1.29 is 0 Å². The SMILES string of the molecule is C1=CN(C=CN2C=CCC=C2)C=CC1. The van der Waals surface area contributed by atoms with Gasteiger partial charge < -0.3 is 9.80 Å². The highest BCUT2D eigenvalue weighted by atomic mass is 15.1. The van der Waals surface area contributed by atoms with Crippen LogP contribution in [-0.4, -0.2) is 9.80 Å². The van der Waals surface area contributed by atoms with E-state index < -0.39 is 0 Å². The van der Waals surface area contributed by atoms with Crippen molar-refractivity contribution in [1.29, 1.82) is 0 Å². The zero-order chi connectivity index (χ0) is 9.64. The van der Waals surface area contributed by atoms with Crippen LogP contribution in [0, 0.1) is 0 Å². The fourth-order valence-corrected chi connectivity index (χ4v) is 1.34. The average molecular weight is 186 g/mol. The Morgan fingerprint density at radius 3 is 1.36 bits per heavy atom. The summed E-state index contributed by atoms with van der Waals surface area (Å²) in [5, 5.41) is 0. The molecular weight excluding hydrogens is 172 g/mol. The Balaban J connectivity index is 1.92. The third kappa shape index (κ3) is 2.39. The Labute approximate surface area is 84.8 Å². The molecule has 0 aromatic rings. The van der Waals surface area contributed by atoms with Crippen LogP contribution in [0.2, 0.25) is 0 Å². The third-order valence-electron chi connectivity index (χ3n) is 2.07. The highest BCUT2D eigenvalue weighted by Crippen LogP contribution is 2.06. The molecule has 0 bridgehead atoms. The fourth-order valence-electron chi connectivity index (χ4n) is 1.34. The molecule has 2 heterocycles. The number of nitrogens with zero attached hydrogens (tertiary/aromatic N) is 2. The van der Waals surface area contributed by atoms with Gasteiger partial charge in [-0.3, -0.25) is 0 Å². The molecule has 0 N–H and O–H groups in total. The van der Waals surface area contributed by atoms with E-state index in [2.05, 4.69) is 49.1 Å². The van der Waals surface area contributed by atoms with E-state index in [1.807, 2.05) is 22.2 Å². The lowest BCUT2D eigenvalue weighted by atomic mass is 10.3. The van der Waals surface area contributed by atoms with Gasteiger partial charge in [0.15, 0.2) is 0 Å². The van der Waals surface area contributed by atoms with Crippen LogP contribution in [0.1, 0.15) is 12.8 Å². The minimum absolute atomic E-state index is 1.04. The molecule has 0 aromatic carbocycles. The van der Waals surface area contributed by atoms with Gasteiger partial charge in [-0.25, -0.2) is 0 Å². The molecule has 0 fully saturated rings. The lowest BCUT2D eigenvalue weighted by Gasteiger charge is -2.16. The lowest BCUT2D eigenvalue weighted by molar-refractivity contribution is 0.620. The van der Waals surface area contributed by atoms with Crippen molar-refractivity contribution in [2.45, 2.75) is 12.8 Å². The predicted molar refractivity (Wildman–Crippen MR) is 58.6 cm³/mol. The topological polar surface area (TPSA) is 6.48 Å². The second kappa shape index (κ2) is 4.51. The van der Waals surface area contributed by atoms with E-state index >= 15 is 0 Å². The minimum Gasteiger partial charge on any atom is -0.330 e. The van der Waals surface area contributed by atoms with Crippen molar-refractivity contribution >= 4 is 0 Å². The molecule has 0 radical (unpaired) electrons. The van der Waals surface area contributed by atoms with Crippen LogP contribution in [0.5, 0.6) is 0 Å². The van der Waals surface area contributed by atoms with Gasteiger partial charge in [0, 0.05) is 37.2 Å². The van der Waals surface area contributed by atoms with Crippen molar-refractivity contribution in [2.24, 2.45) is 0 Å². The lowest BCUT2D eigenvalue weighted by Crippen LogP contribution is -2.06. The van der Waals surface area contributed by atoms with Crippen molar-refractivity contribution in [3.63, 3.8) is 0 Å². The standard InChI is InChI=1S/C12H14N2/c1-3-7-13(8-4-1)11-12-14-9-5-2-6-10-14/h3-12H,1-2H2. The molecule has 0 saturated carbocycles. The maximum absolute atomic E-state index is 2.13.